The first-order chi connectivity index (χ1) is 3.66. The Bertz CT molecular complexity index is 141. The molecule has 0 unspecified atom stereocenters. The normalized spacial score (nSPS) is 7.75. The predicted molar refractivity (Wildman–Crippen MR) is 38.1 cm³/mol. The van der Waals surface area contributed by atoms with E-state index in [2.05, 4.69) is 18.9 Å². The molecular formula is C6H6Cl2. The fourth-order valence-electron chi connectivity index (χ4n) is 0.231. The maximum atomic E-state index is 5.46. The van der Waals surface area contributed by atoms with Crippen LogP contribution >= 0.6 is 23.2 Å². The summed E-state index contributed by atoms with van der Waals surface area (Å²) in [4.78, 5) is 0. The van der Waals surface area contributed by atoms with Crippen molar-refractivity contribution in [3.8, 4) is 0 Å². The minimum Gasteiger partial charge on any atom is -0.112 e. The van der Waals surface area contributed by atoms with Gasteiger partial charge in [-0.05, 0) is 0 Å². The van der Waals surface area contributed by atoms with E-state index in [-0.39, 0.29) is 0 Å². The number of hydrogen-bond donors (Lipinski definition) is 0. The number of halogens is 2. The summed E-state index contributed by atoms with van der Waals surface area (Å²) >= 11 is 10.8. The smallest absolute Gasteiger partial charge is 0.0644 e. The molecule has 0 rings (SSSR count). The molecule has 0 atom stereocenters. The van der Waals surface area contributed by atoms with Crippen LogP contribution in [-0.2, 0) is 0 Å². The average Bonchev–Trinajstić information content (AvgIpc) is 1.65. The van der Waals surface area contributed by atoms with Crippen molar-refractivity contribution in [3.05, 3.63) is 29.0 Å². The largest absolute Gasteiger partial charge is 0.112 e. The van der Waals surface area contributed by atoms with Gasteiger partial charge < -0.3 is 0 Å². The van der Waals surface area contributed by atoms with E-state index in [1.807, 2.05) is 0 Å². The van der Waals surface area contributed by atoms with Crippen LogP contribution in [0.5, 0.6) is 0 Å². The van der Waals surface area contributed by atoms with Crippen molar-refractivity contribution in [1.29, 1.82) is 0 Å². The van der Waals surface area contributed by atoms with Gasteiger partial charge in [0.1, 0.15) is 0 Å². The van der Waals surface area contributed by atoms with Crippen molar-refractivity contribution >= 4 is 23.2 Å². The van der Waals surface area contributed by atoms with Crippen molar-refractivity contribution in [2.24, 2.45) is 0 Å². The second-order valence-electron chi connectivity index (χ2n) is 1.28. The Labute approximate surface area is 59.1 Å². The van der Waals surface area contributed by atoms with Gasteiger partial charge in [-0.1, -0.05) is 36.4 Å². The van der Waals surface area contributed by atoms with Crippen LogP contribution in [0.4, 0.5) is 0 Å². The van der Waals surface area contributed by atoms with Crippen LogP contribution in [0.25, 0.3) is 0 Å². The molecule has 0 aliphatic heterocycles. The summed E-state index contributed by atoms with van der Waals surface area (Å²) < 4.78 is 0. The van der Waals surface area contributed by atoms with Gasteiger partial charge in [0.2, 0.25) is 0 Å². The minimum absolute atomic E-state index is 0.465. The molecule has 0 saturated heterocycles. The lowest BCUT2D eigenvalue weighted by Gasteiger charge is -1.88. The Kier molecular flexibility index (Phi) is 3.72. The molecule has 0 spiro atoms. The molecule has 8 heavy (non-hydrogen) atoms. The molecule has 0 aromatic rings. The maximum Gasteiger partial charge on any atom is 0.0644 e. The molecule has 0 nitrogen and oxygen atoms in total. The summed E-state index contributed by atoms with van der Waals surface area (Å²) in [5.74, 6) is 0. The number of hydrogen-bond acceptors (Lipinski definition) is 0. The Morgan fingerprint density at radius 1 is 1.50 bits per heavy atom. The van der Waals surface area contributed by atoms with Crippen molar-refractivity contribution in [2.75, 3.05) is 0 Å². The zero-order valence-corrected chi connectivity index (χ0v) is 5.89. The summed E-state index contributed by atoms with van der Waals surface area (Å²) in [5.41, 5.74) is 2.48. The Morgan fingerprint density at radius 3 is 2.12 bits per heavy atom. The second-order valence-corrected chi connectivity index (χ2v) is 2.27. The monoisotopic (exact) mass is 148 g/mol. The van der Waals surface area contributed by atoms with E-state index in [0.29, 0.717) is 16.5 Å². The Balaban J connectivity index is 3.74. The highest BCUT2D eigenvalue weighted by atomic mass is 35.5. The molecule has 0 heterocycles. The summed E-state index contributed by atoms with van der Waals surface area (Å²) in [6.45, 7) is 6.76. The number of rotatable bonds is 2. The van der Waals surface area contributed by atoms with Crippen LogP contribution in [0.3, 0.4) is 0 Å². The Morgan fingerprint density at radius 2 is 2.00 bits per heavy atom. The van der Waals surface area contributed by atoms with Crippen molar-refractivity contribution in [2.45, 2.75) is 6.42 Å². The lowest BCUT2D eigenvalue weighted by Crippen LogP contribution is -1.67. The summed E-state index contributed by atoms with van der Waals surface area (Å²) in [6.07, 6.45) is 0.465. The molecule has 0 saturated carbocycles. The van der Waals surface area contributed by atoms with E-state index in [0.717, 1.165) is 0 Å². The second kappa shape index (κ2) is 3.80. The van der Waals surface area contributed by atoms with E-state index in [4.69, 9.17) is 23.2 Å². The highest BCUT2D eigenvalue weighted by Crippen LogP contribution is 2.13. The first-order valence-electron chi connectivity index (χ1n) is 2.04. The molecule has 0 fully saturated rings. The molecule has 0 aromatic carbocycles. The van der Waals surface area contributed by atoms with Crippen LogP contribution in [0.15, 0.2) is 29.0 Å². The van der Waals surface area contributed by atoms with Crippen molar-refractivity contribution in [1.82, 2.24) is 0 Å². The molecule has 0 amide bonds. The van der Waals surface area contributed by atoms with E-state index >= 15 is 0 Å². The molecular weight excluding hydrogens is 143 g/mol. The first-order valence-corrected chi connectivity index (χ1v) is 2.80. The molecule has 0 aromatic heterocycles. The lowest BCUT2D eigenvalue weighted by atomic mass is 10.4. The van der Waals surface area contributed by atoms with Gasteiger partial charge in [0, 0.05) is 11.5 Å². The van der Waals surface area contributed by atoms with Gasteiger partial charge in [0.05, 0.1) is 5.03 Å². The highest BCUT2D eigenvalue weighted by molar-refractivity contribution is 6.33. The van der Waals surface area contributed by atoms with Gasteiger partial charge in [0.15, 0.2) is 0 Å². The molecule has 0 bridgehead atoms. The van der Waals surface area contributed by atoms with Crippen LogP contribution in [0, 0.1) is 0 Å². The zero-order valence-electron chi connectivity index (χ0n) is 4.38. The van der Waals surface area contributed by atoms with Crippen molar-refractivity contribution < 1.29 is 0 Å². The molecule has 0 aliphatic rings. The standard InChI is InChI=1S/C6H6Cl2/c1-3-6(8)4-5(2)7/h1-2,4H2. The van der Waals surface area contributed by atoms with Crippen LogP contribution < -0.4 is 0 Å². The molecule has 0 N–H and O–H groups in total. The highest BCUT2D eigenvalue weighted by Gasteiger charge is 1.89. The van der Waals surface area contributed by atoms with Crippen LogP contribution in [0.1, 0.15) is 6.42 Å². The van der Waals surface area contributed by atoms with Gasteiger partial charge >= 0.3 is 0 Å². The quantitative estimate of drug-likeness (QED) is 0.529. The fourth-order valence-corrected chi connectivity index (χ4v) is 0.594. The first kappa shape index (κ1) is 7.84. The average molecular weight is 149 g/mol. The Hall–Kier alpha value is -0.160. The van der Waals surface area contributed by atoms with Gasteiger partial charge in [0.25, 0.3) is 0 Å². The van der Waals surface area contributed by atoms with Crippen LogP contribution in [0.2, 0.25) is 0 Å². The van der Waals surface area contributed by atoms with E-state index < -0.39 is 0 Å². The van der Waals surface area contributed by atoms with Gasteiger partial charge in [-0.3, -0.25) is 0 Å². The molecule has 44 valence electrons. The van der Waals surface area contributed by atoms with E-state index in [1.165, 1.54) is 0 Å². The summed E-state index contributed by atoms with van der Waals surface area (Å²) in [5, 5.41) is 1.01. The zero-order chi connectivity index (χ0) is 6.57. The topological polar surface area (TPSA) is 0 Å². The third kappa shape index (κ3) is 4.01. The van der Waals surface area contributed by atoms with Gasteiger partial charge in [-0.15, -0.1) is 5.73 Å². The number of allylic oxidation sites excluding steroid dienone is 2. The van der Waals surface area contributed by atoms with E-state index in [1.54, 1.807) is 0 Å². The third-order valence-electron chi connectivity index (χ3n) is 0.539. The van der Waals surface area contributed by atoms with Crippen LogP contribution in [-0.4, -0.2) is 0 Å². The van der Waals surface area contributed by atoms with Crippen molar-refractivity contribution in [3.63, 3.8) is 0 Å². The SMILES string of the molecule is C=C=C(Cl)CC(=C)Cl. The minimum atomic E-state index is 0.465. The molecule has 0 aliphatic carbocycles. The molecule has 2 heteroatoms. The molecule has 0 radical (unpaired) electrons. The lowest BCUT2D eigenvalue weighted by molar-refractivity contribution is 1.34. The van der Waals surface area contributed by atoms with E-state index in [9.17, 15) is 0 Å². The maximum absolute atomic E-state index is 5.46. The summed E-state index contributed by atoms with van der Waals surface area (Å²) in [7, 11) is 0. The predicted octanol–water partition coefficient (Wildman–Crippen LogP) is 3.04. The van der Waals surface area contributed by atoms with Gasteiger partial charge in [-0.2, -0.15) is 0 Å². The van der Waals surface area contributed by atoms with Gasteiger partial charge in [-0.25, -0.2) is 0 Å². The fraction of sp³-hybridized carbons (Fsp3) is 0.167. The third-order valence-corrected chi connectivity index (χ3v) is 0.940. The summed E-state index contributed by atoms with van der Waals surface area (Å²) in [6, 6.07) is 0.